The molecule has 6 rings (SSSR count). The van der Waals surface area contributed by atoms with Crippen LogP contribution in [0.2, 0.25) is 10.1 Å². The molecule has 0 bridgehead atoms. The quantitative estimate of drug-likeness (QED) is 0.0229. The standard InChI is InChI=1S/C69H95O4Si2.Y/c1-58-55-62(70-51-35-19-15-11-9-13-17-21-37-53-72-74(68(3,4)5,64-39-27-23-28-40-64)65-41-29-24-30-42-65)49-47-60(58)57-61-48-50-63(56-59(61)2)71-52-36-20-16-12-10-14-18-22-38-54-73-75(69(6,7)8,66-43-31-25-32-44-66)67-45-33-26-34-46-67;/h23-34,39-50,55-57H,9-22,35-38,51-54H2,1-8H3;/q-1;. The minimum absolute atomic E-state index is 0. The fourth-order valence-corrected chi connectivity index (χ4v) is 20.4. The van der Waals surface area contributed by atoms with Gasteiger partial charge in [0.25, 0.3) is 16.6 Å². The van der Waals surface area contributed by atoms with Crippen molar-refractivity contribution in [1.82, 2.24) is 0 Å². The van der Waals surface area contributed by atoms with Crippen molar-refractivity contribution in [3.63, 3.8) is 0 Å². The average molecular weight is 1130 g/mol. The summed E-state index contributed by atoms with van der Waals surface area (Å²) in [5.74, 6) is 1.93. The average Bonchev–Trinajstić information content (AvgIpc) is 3.45. The number of rotatable bonds is 34. The Balaban J connectivity index is 0.0000107. The van der Waals surface area contributed by atoms with Gasteiger partial charge in [0.05, 0.1) is 13.2 Å². The van der Waals surface area contributed by atoms with Gasteiger partial charge in [-0.3, -0.25) is 0 Å². The Bertz CT molecular complexity index is 2230. The molecule has 0 aliphatic rings. The molecule has 6 aromatic rings. The maximum absolute atomic E-state index is 7.09. The minimum atomic E-state index is -2.43. The van der Waals surface area contributed by atoms with Crippen LogP contribution in [0.15, 0.2) is 158 Å². The summed E-state index contributed by atoms with van der Waals surface area (Å²) >= 11 is 0. The van der Waals surface area contributed by atoms with E-state index in [1.54, 1.807) is 0 Å². The van der Waals surface area contributed by atoms with Gasteiger partial charge in [-0.2, -0.15) is 0 Å². The number of hydrogen-bond acceptors (Lipinski definition) is 4. The van der Waals surface area contributed by atoms with Crippen molar-refractivity contribution >= 4 is 37.4 Å². The van der Waals surface area contributed by atoms with Crippen molar-refractivity contribution < 1.29 is 51.0 Å². The van der Waals surface area contributed by atoms with E-state index >= 15 is 0 Å². The van der Waals surface area contributed by atoms with E-state index in [2.05, 4.69) is 220 Å². The molecule has 407 valence electrons. The predicted octanol–water partition coefficient (Wildman–Crippen LogP) is 16.8. The molecule has 0 unspecified atom stereocenters. The van der Waals surface area contributed by atoms with E-state index in [4.69, 9.17) is 18.3 Å². The fourth-order valence-electron chi connectivity index (χ4n) is 11.2. The molecule has 7 heteroatoms. The summed E-state index contributed by atoms with van der Waals surface area (Å²) in [5, 5.41) is 5.53. The first-order valence-corrected chi connectivity index (χ1v) is 33.0. The second-order valence-corrected chi connectivity index (χ2v) is 31.9. The van der Waals surface area contributed by atoms with Gasteiger partial charge in [-0.1, -0.05) is 291 Å². The molecule has 0 fully saturated rings. The molecule has 0 saturated carbocycles. The van der Waals surface area contributed by atoms with E-state index in [1.807, 2.05) is 0 Å². The summed E-state index contributed by atoms with van der Waals surface area (Å²) in [4.78, 5) is 0. The Morgan fingerprint density at radius 3 is 0.829 bits per heavy atom. The van der Waals surface area contributed by atoms with Crippen LogP contribution in [0.3, 0.4) is 0 Å². The van der Waals surface area contributed by atoms with Crippen LogP contribution in [-0.4, -0.2) is 43.1 Å². The van der Waals surface area contributed by atoms with Gasteiger partial charge in [-0.25, -0.2) is 0 Å². The smallest absolute Gasteiger partial charge is 0.261 e. The number of ether oxygens (including phenoxy) is 2. The molecular weight excluding hydrogens is 1040 g/mol. The Labute approximate surface area is 490 Å². The van der Waals surface area contributed by atoms with Crippen LogP contribution in [0.4, 0.5) is 0 Å². The molecule has 0 atom stereocenters. The van der Waals surface area contributed by atoms with Gasteiger partial charge in [0.2, 0.25) is 0 Å². The first-order valence-electron chi connectivity index (χ1n) is 29.2. The first-order chi connectivity index (χ1) is 36.3. The van der Waals surface area contributed by atoms with Crippen LogP contribution < -0.4 is 30.2 Å². The third-order valence-electron chi connectivity index (χ3n) is 15.4. The molecule has 0 amide bonds. The van der Waals surface area contributed by atoms with Crippen molar-refractivity contribution in [2.24, 2.45) is 0 Å². The van der Waals surface area contributed by atoms with Crippen LogP contribution in [-0.2, 0) is 41.6 Å². The Hall–Kier alpha value is -3.75. The van der Waals surface area contributed by atoms with Crippen molar-refractivity contribution in [3.05, 3.63) is 186 Å². The zero-order valence-electron chi connectivity index (χ0n) is 48.4. The Morgan fingerprint density at radius 1 is 0.329 bits per heavy atom. The summed E-state index contributed by atoms with van der Waals surface area (Å²) in [6.07, 6.45) is 24.6. The topological polar surface area (TPSA) is 36.9 Å². The molecule has 0 aromatic heterocycles. The van der Waals surface area contributed by atoms with E-state index in [9.17, 15) is 0 Å². The van der Waals surface area contributed by atoms with Gasteiger partial charge in [-0.05, 0) is 56.5 Å². The summed E-state index contributed by atoms with van der Waals surface area (Å²) in [6, 6.07) is 57.1. The first kappa shape index (κ1) is 63.1. The third-order valence-corrected chi connectivity index (χ3v) is 25.5. The molecule has 1 radical (unpaired) electrons. The van der Waals surface area contributed by atoms with E-state index in [0.717, 1.165) is 63.6 Å². The Kier molecular flexibility index (Phi) is 27.4. The summed E-state index contributed by atoms with van der Waals surface area (Å²) in [5.41, 5.74) is 4.93. The van der Waals surface area contributed by atoms with E-state index in [-0.39, 0.29) is 42.8 Å². The molecular formula is C69H95O4Si2Y-. The van der Waals surface area contributed by atoms with Crippen LogP contribution in [0, 0.1) is 20.3 Å². The molecule has 76 heavy (non-hydrogen) atoms. The van der Waals surface area contributed by atoms with Gasteiger partial charge in [0.1, 0.15) is 11.5 Å². The fraction of sp³-hybridized carbons (Fsp3) is 0.464. The van der Waals surface area contributed by atoms with Gasteiger partial charge >= 0.3 is 0 Å². The van der Waals surface area contributed by atoms with Gasteiger partial charge in [0.15, 0.2) is 0 Å². The monoisotopic (exact) mass is 1130 g/mol. The van der Waals surface area contributed by atoms with E-state index < -0.39 is 16.6 Å². The van der Waals surface area contributed by atoms with Crippen molar-refractivity contribution in [2.75, 3.05) is 26.4 Å². The number of hydrogen-bond donors (Lipinski definition) is 0. The molecule has 0 N–H and O–H groups in total. The van der Waals surface area contributed by atoms with Crippen LogP contribution in [0.5, 0.6) is 11.5 Å². The maximum atomic E-state index is 7.09. The van der Waals surface area contributed by atoms with E-state index in [1.165, 1.54) is 133 Å². The number of unbranched alkanes of at least 4 members (excludes halogenated alkanes) is 16. The van der Waals surface area contributed by atoms with E-state index in [0.29, 0.717) is 0 Å². The zero-order chi connectivity index (χ0) is 53.3. The molecule has 0 aliphatic carbocycles. The SMILES string of the molecule is Cc1cc(OCCCCCCCCCCCO[Si](c2ccccc2)(c2ccccc2)C(C)(C)C)ccc1[CH-]c1ccc(OCCCCCCCCCCCO[Si](c2ccccc2)(c2ccccc2)C(C)(C)C)cc1C.[Y]. The number of benzene rings is 6. The predicted molar refractivity (Wildman–Crippen MR) is 326 cm³/mol. The second kappa shape index (κ2) is 33.0. The third kappa shape index (κ3) is 18.7. The maximum Gasteiger partial charge on any atom is 0.261 e. The normalized spacial score (nSPS) is 12.1. The van der Waals surface area contributed by atoms with Crippen molar-refractivity contribution in [2.45, 2.75) is 181 Å². The largest absolute Gasteiger partial charge is 0.495 e. The summed E-state index contributed by atoms with van der Waals surface area (Å²) < 4.78 is 26.6. The molecule has 4 nitrogen and oxygen atoms in total. The number of aryl methyl sites for hydroxylation is 2. The van der Waals surface area contributed by atoms with Crippen molar-refractivity contribution in [3.8, 4) is 11.5 Å². The van der Waals surface area contributed by atoms with Crippen LogP contribution in [0.25, 0.3) is 0 Å². The minimum Gasteiger partial charge on any atom is -0.495 e. The summed E-state index contributed by atoms with van der Waals surface area (Å²) in [6.45, 7) is 21.7. The molecule has 0 heterocycles. The Morgan fingerprint density at radius 2 is 0.579 bits per heavy atom. The molecule has 6 aromatic carbocycles. The van der Waals surface area contributed by atoms with Crippen LogP contribution in [0.1, 0.15) is 179 Å². The molecule has 0 spiro atoms. The van der Waals surface area contributed by atoms with Gasteiger partial charge in [0, 0.05) is 45.9 Å². The van der Waals surface area contributed by atoms with Gasteiger partial charge in [-0.15, -0.1) is 40.8 Å². The second-order valence-electron chi connectivity index (χ2n) is 23.3. The van der Waals surface area contributed by atoms with Crippen LogP contribution >= 0.6 is 0 Å². The molecule has 0 saturated heterocycles. The summed E-state index contributed by atoms with van der Waals surface area (Å²) in [7, 11) is -4.86. The van der Waals surface area contributed by atoms with Gasteiger partial charge < -0.3 is 18.3 Å². The van der Waals surface area contributed by atoms with Crippen molar-refractivity contribution in [1.29, 1.82) is 0 Å². The molecule has 0 aliphatic heterocycles. The zero-order valence-corrected chi connectivity index (χ0v) is 53.2.